The molecule has 0 aliphatic rings. The van der Waals surface area contributed by atoms with Crippen LogP contribution in [0, 0.1) is 25.2 Å². The summed E-state index contributed by atoms with van der Waals surface area (Å²) < 4.78 is 5.67. The van der Waals surface area contributed by atoms with E-state index in [1.165, 1.54) is 17.3 Å². The Balaban J connectivity index is 1.52. The highest BCUT2D eigenvalue weighted by Gasteiger charge is 2.11. The second-order valence-electron chi connectivity index (χ2n) is 6.13. The Morgan fingerprint density at radius 2 is 2.04 bits per heavy atom. The van der Waals surface area contributed by atoms with Gasteiger partial charge in [0.2, 0.25) is 11.8 Å². The lowest BCUT2D eigenvalue weighted by Crippen LogP contribution is -2.12. The fourth-order valence-electron chi connectivity index (χ4n) is 2.40. The number of hydrogen-bond acceptors (Lipinski definition) is 6. The van der Waals surface area contributed by atoms with Crippen LogP contribution in [0.1, 0.15) is 23.1 Å². The number of benzene rings is 2. The van der Waals surface area contributed by atoms with Crippen LogP contribution in [0.3, 0.4) is 0 Å². The summed E-state index contributed by atoms with van der Waals surface area (Å²) in [7, 11) is 0. The predicted octanol–water partition coefficient (Wildman–Crippen LogP) is 5.00. The molecule has 0 saturated heterocycles. The first-order valence-electron chi connectivity index (χ1n) is 8.49. The van der Waals surface area contributed by atoms with E-state index in [1.807, 2.05) is 38.1 Å². The third-order valence-electron chi connectivity index (χ3n) is 4.09. The quantitative estimate of drug-likeness (QED) is 0.573. The monoisotopic (exact) mass is 412 g/mol. The number of nitrogens with zero attached hydrogens (tertiary/aromatic N) is 3. The molecule has 3 rings (SSSR count). The molecule has 0 aliphatic carbocycles. The van der Waals surface area contributed by atoms with E-state index >= 15 is 0 Å². The highest BCUT2D eigenvalue weighted by molar-refractivity contribution is 7.99. The summed E-state index contributed by atoms with van der Waals surface area (Å²) in [4.78, 5) is 12.1. The van der Waals surface area contributed by atoms with E-state index in [0.717, 1.165) is 11.1 Å². The van der Waals surface area contributed by atoms with Gasteiger partial charge in [-0.25, -0.2) is 0 Å². The summed E-state index contributed by atoms with van der Waals surface area (Å²) in [5, 5.41) is 20.4. The molecule has 8 heteroatoms. The molecule has 142 valence electrons. The molecular weight excluding hydrogens is 396 g/mol. The molecular formula is C20H17ClN4O2S. The summed E-state index contributed by atoms with van der Waals surface area (Å²) >= 11 is 7.28. The maximum Gasteiger partial charge on any atom is 0.276 e. The van der Waals surface area contributed by atoms with Gasteiger partial charge >= 0.3 is 0 Å². The number of anilines is 1. The zero-order valence-electron chi connectivity index (χ0n) is 15.3. The maximum absolute atomic E-state index is 12.1. The number of amides is 1. The van der Waals surface area contributed by atoms with Gasteiger partial charge in [0.15, 0.2) is 0 Å². The van der Waals surface area contributed by atoms with E-state index in [-0.39, 0.29) is 12.3 Å². The predicted molar refractivity (Wildman–Crippen MR) is 109 cm³/mol. The van der Waals surface area contributed by atoms with Crippen LogP contribution in [0.4, 0.5) is 5.69 Å². The minimum Gasteiger partial charge on any atom is -0.411 e. The van der Waals surface area contributed by atoms with Crippen molar-refractivity contribution < 1.29 is 9.21 Å². The number of rotatable bonds is 6. The van der Waals surface area contributed by atoms with Crippen molar-refractivity contribution in [2.45, 2.75) is 25.5 Å². The van der Waals surface area contributed by atoms with Gasteiger partial charge in [-0.05, 0) is 55.3 Å². The molecule has 0 unspecified atom stereocenters. The smallest absolute Gasteiger partial charge is 0.276 e. The van der Waals surface area contributed by atoms with Crippen LogP contribution in [-0.2, 0) is 4.79 Å². The van der Waals surface area contributed by atoms with Gasteiger partial charge in [-0.3, -0.25) is 4.79 Å². The Bertz CT molecular complexity index is 1060. The van der Waals surface area contributed by atoms with Crippen LogP contribution in [0.25, 0.3) is 11.5 Å². The third-order valence-corrected chi connectivity index (χ3v) is 5.22. The van der Waals surface area contributed by atoms with Crippen LogP contribution in [0.5, 0.6) is 0 Å². The number of carbonyl (C=O) groups is 1. The SMILES string of the molecule is Cc1ccc(-c2nnc(SCCC(=O)Nc3ccc(C#N)c(Cl)c3)o2)cc1C. The Morgan fingerprint density at radius 1 is 1.21 bits per heavy atom. The first-order valence-corrected chi connectivity index (χ1v) is 9.86. The minimum absolute atomic E-state index is 0.165. The van der Waals surface area contributed by atoms with Gasteiger partial charge in [0.05, 0.1) is 10.6 Å². The molecule has 0 fully saturated rings. The lowest BCUT2D eigenvalue weighted by atomic mass is 10.1. The average molecular weight is 413 g/mol. The number of thioether (sulfide) groups is 1. The van der Waals surface area contributed by atoms with Crippen molar-refractivity contribution in [3.63, 3.8) is 0 Å². The molecule has 28 heavy (non-hydrogen) atoms. The molecule has 3 aromatic rings. The third kappa shape index (κ3) is 4.91. The molecule has 2 aromatic carbocycles. The number of halogens is 1. The maximum atomic E-state index is 12.1. The fourth-order valence-corrected chi connectivity index (χ4v) is 3.32. The average Bonchev–Trinajstić information content (AvgIpc) is 3.13. The van der Waals surface area contributed by atoms with Crippen molar-refractivity contribution in [3.05, 3.63) is 58.1 Å². The lowest BCUT2D eigenvalue weighted by Gasteiger charge is -2.05. The second-order valence-corrected chi connectivity index (χ2v) is 7.58. The highest BCUT2D eigenvalue weighted by Crippen LogP contribution is 2.25. The van der Waals surface area contributed by atoms with E-state index < -0.39 is 0 Å². The Kier molecular flexibility index (Phi) is 6.34. The number of hydrogen-bond donors (Lipinski definition) is 1. The van der Waals surface area contributed by atoms with Crippen molar-refractivity contribution in [1.82, 2.24) is 10.2 Å². The highest BCUT2D eigenvalue weighted by atomic mass is 35.5. The van der Waals surface area contributed by atoms with E-state index in [2.05, 4.69) is 15.5 Å². The van der Waals surface area contributed by atoms with Gasteiger partial charge in [0.25, 0.3) is 5.22 Å². The molecule has 6 nitrogen and oxygen atoms in total. The Labute approximate surface area is 171 Å². The fraction of sp³-hybridized carbons (Fsp3) is 0.200. The van der Waals surface area contributed by atoms with E-state index in [1.54, 1.807) is 18.2 Å². The zero-order chi connectivity index (χ0) is 20.1. The van der Waals surface area contributed by atoms with Crippen molar-refractivity contribution >= 4 is 35.0 Å². The van der Waals surface area contributed by atoms with Crippen LogP contribution in [0.15, 0.2) is 46.0 Å². The van der Waals surface area contributed by atoms with E-state index in [4.69, 9.17) is 21.3 Å². The van der Waals surface area contributed by atoms with Gasteiger partial charge < -0.3 is 9.73 Å². The summed E-state index contributed by atoms with van der Waals surface area (Å²) in [5.74, 6) is 0.786. The standard InChI is InChI=1S/C20H17ClN4O2S/c1-12-3-4-14(9-13(12)2)19-24-25-20(27-19)28-8-7-18(26)23-16-6-5-15(11-22)17(21)10-16/h3-6,9-10H,7-8H2,1-2H3,(H,23,26). The van der Waals surface area contributed by atoms with Gasteiger partial charge in [-0.1, -0.05) is 29.4 Å². The molecule has 0 aliphatic heterocycles. The van der Waals surface area contributed by atoms with Crippen molar-refractivity contribution in [1.29, 1.82) is 5.26 Å². The molecule has 1 N–H and O–H groups in total. The van der Waals surface area contributed by atoms with E-state index in [9.17, 15) is 4.79 Å². The number of nitriles is 1. The zero-order valence-corrected chi connectivity index (χ0v) is 16.9. The Hall–Kier alpha value is -2.82. The molecule has 0 spiro atoms. The van der Waals surface area contributed by atoms with Crippen molar-refractivity contribution in [2.75, 3.05) is 11.1 Å². The largest absolute Gasteiger partial charge is 0.411 e. The molecule has 1 amide bonds. The molecule has 0 radical (unpaired) electrons. The number of aryl methyl sites for hydroxylation is 2. The summed E-state index contributed by atoms with van der Waals surface area (Å²) in [6.45, 7) is 4.08. The van der Waals surface area contributed by atoms with Gasteiger partial charge in [-0.2, -0.15) is 5.26 Å². The molecule has 0 bridgehead atoms. The number of carbonyl (C=O) groups excluding carboxylic acids is 1. The summed E-state index contributed by atoms with van der Waals surface area (Å²) in [5.41, 5.74) is 4.15. The summed E-state index contributed by atoms with van der Waals surface area (Å²) in [6.07, 6.45) is 0.268. The first kappa shape index (κ1) is 19.9. The molecule has 1 heterocycles. The van der Waals surface area contributed by atoms with Crippen molar-refractivity contribution in [2.24, 2.45) is 0 Å². The van der Waals surface area contributed by atoms with Gasteiger partial charge in [-0.15, -0.1) is 10.2 Å². The van der Waals surface area contributed by atoms with E-state index in [0.29, 0.717) is 33.1 Å². The first-order chi connectivity index (χ1) is 13.5. The molecule has 0 atom stereocenters. The van der Waals surface area contributed by atoms with Crippen LogP contribution >= 0.6 is 23.4 Å². The van der Waals surface area contributed by atoms with Gasteiger partial charge in [0.1, 0.15) is 6.07 Å². The molecule has 1 aromatic heterocycles. The van der Waals surface area contributed by atoms with Crippen LogP contribution < -0.4 is 5.32 Å². The minimum atomic E-state index is -0.165. The Morgan fingerprint density at radius 3 is 2.75 bits per heavy atom. The van der Waals surface area contributed by atoms with Gasteiger partial charge in [0, 0.05) is 23.4 Å². The van der Waals surface area contributed by atoms with Crippen LogP contribution in [-0.4, -0.2) is 21.9 Å². The van der Waals surface area contributed by atoms with Crippen LogP contribution in [0.2, 0.25) is 5.02 Å². The second kappa shape index (κ2) is 8.91. The van der Waals surface area contributed by atoms with Crippen molar-refractivity contribution in [3.8, 4) is 17.5 Å². The number of aromatic nitrogens is 2. The normalized spacial score (nSPS) is 10.5. The lowest BCUT2D eigenvalue weighted by molar-refractivity contribution is -0.115. The number of nitrogens with one attached hydrogen (secondary N) is 1. The summed E-state index contributed by atoms with van der Waals surface area (Å²) in [6, 6.07) is 12.7. The molecule has 0 saturated carbocycles. The topological polar surface area (TPSA) is 91.8 Å².